The molecule has 4 aliphatic rings. The van der Waals surface area contributed by atoms with Crippen molar-refractivity contribution in [2.45, 2.75) is 49.6 Å². The number of thioether (sulfide) groups is 1. The summed E-state index contributed by atoms with van der Waals surface area (Å²) >= 11 is 1.60. The van der Waals surface area contributed by atoms with Gasteiger partial charge < -0.3 is 20.6 Å². The van der Waals surface area contributed by atoms with Gasteiger partial charge in [-0.05, 0) is 6.42 Å². The maximum atomic E-state index is 11.7. The van der Waals surface area contributed by atoms with Crippen LogP contribution < -0.4 is 10.6 Å². The third kappa shape index (κ3) is 2.27. The Hall–Kier alpha value is -1.54. The Morgan fingerprint density at radius 1 is 1.30 bits per heavy atom. The highest BCUT2D eigenvalue weighted by Gasteiger charge is 2.52. The summed E-state index contributed by atoms with van der Waals surface area (Å²) in [6, 6.07) is 0.477. The molecule has 4 unspecified atom stereocenters. The Kier molecular flexibility index (Phi) is 3.42. The van der Waals surface area contributed by atoms with Gasteiger partial charge in [0.05, 0.1) is 12.1 Å². The highest BCUT2D eigenvalue weighted by atomic mass is 32.2. The molecule has 23 heavy (non-hydrogen) atoms. The van der Waals surface area contributed by atoms with E-state index in [1.807, 2.05) is 6.92 Å². The topological polar surface area (TPSA) is 98.7 Å². The number of rotatable bonds is 4. The summed E-state index contributed by atoms with van der Waals surface area (Å²) in [4.78, 5) is 36.7. The van der Waals surface area contributed by atoms with E-state index >= 15 is 0 Å². The first kappa shape index (κ1) is 15.0. The second-order valence-electron chi connectivity index (χ2n) is 6.71. The summed E-state index contributed by atoms with van der Waals surface area (Å²) in [5.74, 6) is -0.916. The standard InChI is InChI=1S/C15H19N3O4S/c1-6-10-4-12(20)18(10)13(15(21)22)14(6)23-7-2-8(16-5-7)9-3-11(19)17-9/h6-10,16H,2-5H2,1H3,(H,17,19)(H,21,22)/t6?,7?,8-,9?,10?/m0/s1. The van der Waals surface area contributed by atoms with Crippen molar-refractivity contribution in [3.63, 3.8) is 0 Å². The molecule has 5 atom stereocenters. The molecule has 0 saturated carbocycles. The molecule has 8 heteroatoms. The number of fused-ring (bicyclic) bond motifs is 1. The predicted molar refractivity (Wildman–Crippen MR) is 83.4 cm³/mol. The Balaban J connectivity index is 1.47. The zero-order chi connectivity index (χ0) is 16.3. The molecule has 0 bridgehead atoms. The zero-order valence-electron chi connectivity index (χ0n) is 12.7. The first-order valence-electron chi connectivity index (χ1n) is 7.94. The van der Waals surface area contributed by atoms with Gasteiger partial charge >= 0.3 is 5.97 Å². The molecule has 0 aromatic carbocycles. The first-order chi connectivity index (χ1) is 11.0. The molecular weight excluding hydrogens is 318 g/mol. The lowest BCUT2D eigenvalue weighted by Crippen LogP contribution is -2.57. The average molecular weight is 337 g/mol. The first-order valence-corrected chi connectivity index (χ1v) is 8.82. The van der Waals surface area contributed by atoms with Gasteiger partial charge in [0.15, 0.2) is 0 Å². The molecule has 4 rings (SSSR count). The van der Waals surface area contributed by atoms with Crippen LogP contribution in [0.25, 0.3) is 0 Å². The lowest BCUT2D eigenvalue weighted by molar-refractivity contribution is -0.148. The van der Waals surface area contributed by atoms with Crippen LogP contribution in [0.15, 0.2) is 10.6 Å². The van der Waals surface area contributed by atoms with Gasteiger partial charge in [0.2, 0.25) is 11.8 Å². The van der Waals surface area contributed by atoms with E-state index in [0.717, 1.165) is 17.9 Å². The number of β-lactam (4-membered cyclic amide) rings is 2. The van der Waals surface area contributed by atoms with Crippen LogP contribution in [0.5, 0.6) is 0 Å². The maximum absolute atomic E-state index is 11.7. The number of carbonyl (C=O) groups excluding carboxylic acids is 2. The van der Waals surface area contributed by atoms with Crippen LogP contribution >= 0.6 is 11.8 Å². The zero-order valence-corrected chi connectivity index (χ0v) is 13.6. The van der Waals surface area contributed by atoms with Crippen molar-refractivity contribution in [3.8, 4) is 0 Å². The maximum Gasteiger partial charge on any atom is 0.353 e. The Morgan fingerprint density at radius 3 is 2.65 bits per heavy atom. The van der Waals surface area contributed by atoms with Crippen molar-refractivity contribution in [1.29, 1.82) is 0 Å². The summed E-state index contributed by atoms with van der Waals surface area (Å²) in [7, 11) is 0. The fourth-order valence-electron chi connectivity index (χ4n) is 3.95. The van der Waals surface area contributed by atoms with E-state index in [2.05, 4.69) is 10.6 Å². The quantitative estimate of drug-likeness (QED) is 0.619. The van der Waals surface area contributed by atoms with Crippen molar-refractivity contribution in [2.75, 3.05) is 6.54 Å². The number of carboxylic acids is 1. The molecule has 3 saturated heterocycles. The van der Waals surface area contributed by atoms with Crippen LogP contribution in [0.3, 0.4) is 0 Å². The SMILES string of the molecule is CC1C(SC2CN[C@H](C3CC(=O)N3)C2)=C(C(=O)O)N2C(=O)CC12. The minimum Gasteiger partial charge on any atom is -0.477 e. The van der Waals surface area contributed by atoms with Gasteiger partial charge in [0.25, 0.3) is 0 Å². The van der Waals surface area contributed by atoms with E-state index in [0.29, 0.717) is 12.8 Å². The number of amides is 2. The number of hydrogen-bond donors (Lipinski definition) is 3. The third-order valence-corrected chi connectivity index (χ3v) is 6.82. The molecule has 2 amide bonds. The van der Waals surface area contributed by atoms with Gasteiger partial charge in [-0.3, -0.25) is 9.59 Å². The second-order valence-corrected chi connectivity index (χ2v) is 8.05. The Bertz CT molecular complexity index is 626. The lowest BCUT2D eigenvalue weighted by atomic mass is 9.94. The minimum atomic E-state index is -1.01. The van der Waals surface area contributed by atoms with Crippen LogP contribution in [-0.2, 0) is 14.4 Å². The molecule has 0 aromatic heterocycles. The monoisotopic (exact) mass is 337 g/mol. The average Bonchev–Trinajstić information content (AvgIpc) is 2.99. The molecular formula is C15H19N3O4S. The normalized spacial score (nSPS) is 39.0. The Morgan fingerprint density at radius 2 is 2.04 bits per heavy atom. The summed E-state index contributed by atoms with van der Waals surface area (Å²) in [5.41, 5.74) is 0.184. The van der Waals surface area contributed by atoms with Crippen molar-refractivity contribution >= 4 is 29.5 Å². The fourth-order valence-corrected chi connectivity index (χ4v) is 5.46. The van der Waals surface area contributed by atoms with Gasteiger partial charge in [-0.15, -0.1) is 11.8 Å². The van der Waals surface area contributed by atoms with Crippen LogP contribution in [0, 0.1) is 5.92 Å². The second kappa shape index (κ2) is 5.24. The number of nitrogens with one attached hydrogen (secondary N) is 2. The van der Waals surface area contributed by atoms with Crippen molar-refractivity contribution in [1.82, 2.24) is 15.5 Å². The summed E-state index contributed by atoms with van der Waals surface area (Å²) in [6.45, 7) is 2.80. The number of hydrogen-bond acceptors (Lipinski definition) is 5. The van der Waals surface area contributed by atoms with E-state index in [1.165, 1.54) is 4.90 Å². The summed E-state index contributed by atoms with van der Waals surface area (Å²) in [5, 5.41) is 16.1. The molecule has 7 nitrogen and oxygen atoms in total. The molecule has 124 valence electrons. The van der Waals surface area contributed by atoms with Gasteiger partial charge in [0.1, 0.15) is 5.70 Å². The molecule has 4 heterocycles. The fraction of sp³-hybridized carbons (Fsp3) is 0.667. The van der Waals surface area contributed by atoms with Crippen LogP contribution in [-0.4, -0.2) is 57.7 Å². The summed E-state index contributed by atoms with van der Waals surface area (Å²) < 4.78 is 0. The van der Waals surface area contributed by atoms with Crippen LogP contribution in [0.4, 0.5) is 0 Å². The van der Waals surface area contributed by atoms with Crippen LogP contribution in [0.1, 0.15) is 26.2 Å². The molecule has 0 spiro atoms. The van der Waals surface area contributed by atoms with E-state index in [-0.39, 0.29) is 46.8 Å². The molecule has 3 N–H and O–H groups in total. The summed E-state index contributed by atoms with van der Waals surface area (Å²) in [6.07, 6.45) is 1.91. The predicted octanol–water partition coefficient (Wildman–Crippen LogP) is -0.115. The van der Waals surface area contributed by atoms with E-state index in [9.17, 15) is 19.5 Å². The lowest BCUT2D eigenvalue weighted by Gasteiger charge is -2.37. The highest BCUT2D eigenvalue weighted by Crippen LogP contribution is 2.48. The van der Waals surface area contributed by atoms with Crippen LogP contribution in [0.2, 0.25) is 0 Å². The number of nitrogens with zero attached hydrogens (tertiary/aromatic N) is 1. The Labute approximate surface area is 137 Å². The van der Waals surface area contributed by atoms with Crippen molar-refractivity contribution in [3.05, 3.63) is 10.6 Å². The molecule has 3 fully saturated rings. The number of carbonyl (C=O) groups is 3. The van der Waals surface area contributed by atoms with Gasteiger partial charge in [-0.25, -0.2) is 4.79 Å². The van der Waals surface area contributed by atoms with Crippen molar-refractivity contribution < 1.29 is 19.5 Å². The largest absolute Gasteiger partial charge is 0.477 e. The number of aliphatic carboxylic acids is 1. The molecule has 0 radical (unpaired) electrons. The van der Waals surface area contributed by atoms with Gasteiger partial charge in [0, 0.05) is 41.5 Å². The van der Waals surface area contributed by atoms with Crippen molar-refractivity contribution in [2.24, 2.45) is 5.92 Å². The molecule has 0 aromatic rings. The highest BCUT2D eigenvalue weighted by molar-refractivity contribution is 8.03. The van der Waals surface area contributed by atoms with E-state index in [4.69, 9.17) is 0 Å². The van der Waals surface area contributed by atoms with E-state index < -0.39 is 5.97 Å². The van der Waals surface area contributed by atoms with E-state index in [1.54, 1.807) is 11.8 Å². The van der Waals surface area contributed by atoms with Gasteiger partial charge in [-0.1, -0.05) is 6.92 Å². The third-order valence-electron chi connectivity index (χ3n) is 5.31. The van der Waals surface area contributed by atoms with Gasteiger partial charge in [-0.2, -0.15) is 0 Å². The molecule has 4 aliphatic heterocycles. The molecule has 0 aliphatic carbocycles. The minimum absolute atomic E-state index is 0.0205. The smallest absolute Gasteiger partial charge is 0.353 e. The number of carboxylic acid groups (broad SMARTS) is 1.